The standard InChI is InChI=1S/C24H29N3O5S2/c1-17(33-20-7-3-5-15-26-20)9-12-22(28)31-19(25)11-14-24(30)32-23(29)13-10-18(2)34-21-8-4-6-16-27-21/h3-8,15-18,25H,9-14H2,1-2H3. The molecule has 2 heterocycles. The summed E-state index contributed by atoms with van der Waals surface area (Å²) in [6, 6.07) is 11.3. The van der Waals surface area contributed by atoms with Crippen molar-refractivity contribution in [2.45, 2.75) is 72.9 Å². The number of esters is 3. The Hall–Kier alpha value is -2.72. The fourth-order valence-electron chi connectivity index (χ4n) is 2.69. The second kappa shape index (κ2) is 15.2. The Morgan fingerprint density at radius 2 is 1.24 bits per heavy atom. The third-order valence-electron chi connectivity index (χ3n) is 4.45. The van der Waals surface area contributed by atoms with E-state index in [1.54, 1.807) is 35.9 Å². The van der Waals surface area contributed by atoms with Crippen molar-refractivity contribution < 1.29 is 23.9 Å². The van der Waals surface area contributed by atoms with E-state index < -0.39 is 17.9 Å². The molecule has 0 aliphatic rings. The van der Waals surface area contributed by atoms with E-state index in [9.17, 15) is 14.4 Å². The Labute approximate surface area is 208 Å². The van der Waals surface area contributed by atoms with Crippen LogP contribution in [-0.4, -0.2) is 44.3 Å². The van der Waals surface area contributed by atoms with E-state index in [2.05, 4.69) is 9.97 Å². The number of rotatable bonds is 13. The van der Waals surface area contributed by atoms with Crippen molar-refractivity contribution in [3.8, 4) is 0 Å². The molecule has 2 rings (SSSR count). The number of nitrogens with one attached hydrogen (secondary N) is 1. The highest BCUT2D eigenvalue weighted by Gasteiger charge is 2.16. The average molecular weight is 504 g/mol. The van der Waals surface area contributed by atoms with Gasteiger partial charge < -0.3 is 9.47 Å². The van der Waals surface area contributed by atoms with E-state index >= 15 is 0 Å². The zero-order chi connectivity index (χ0) is 24.8. The van der Waals surface area contributed by atoms with E-state index in [0.29, 0.717) is 12.8 Å². The first-order valence-electron chi connectivity index (χ1n) is 11.0. The number of pyridine rings is 2. The molecular formula is C24H29N3O5S2. The van der Waals surface area contributed by atoms with Gasteiger partial charge in [-0.3, -0.25) is 19.8 Å². The predicted molar refractivity (Wildman–Crippen MR) is 132 cm³/mol. The first kappa shape index (κ1) is 27.5. The van der Waals surface area contributed by atoms with Crippen LogP contribution in [0.3, 0.4) is 0 Å². The summed E-state index contributed by atoms with van der Waals surface area (Å²) in [6.07, 6.45) is 4.48. The number of carbonyl (C=O) groups excluding carboxylic acids is 3. The minimum Gasteiger partial charge on any atom is -0.412 e. The Bertz CT molecular complexity index is 867. The molecule has 0 aliphatic heterocycles. The average Bonchev–Trinajstić information content (AvgIpc) is 2.81. The van der Waals surface area contributed by atoms with Crippen LogP contribution < -0.4 is 0 Å². The molecule has 0 bridgehead atoms. The fourth-order valence-corrected chi connectivity index (χ4v) is 4.54. The second-order valence-corrected chi connectivity index (χ2v) is 10.4. The topological polar surface area (TPSA) is 119 Å². The van der Waals surface area contributed by atoms with Gasteiger partial charge in [0, 0.05) is 42.2 Å². The third kappa shape index (κ3) is 11.9. The van der Waals surface area contributed by atoms with Gasteiger partial charge in [-0.2, -0.15) is 0 Å². The zero-order valence-electron chi connectivity index (χ0n) is 19.3. The normalized spacial score (nSPS) is 12.4. The van der Waals surface area contributed by atoms with E-state index in [1.807, 2.05) is 50.2 Å². The van der Waals surface area contributed by atoms with Gasteiger partial charge in [-0.1, -0.05) is 26.0 Å². The third-order valence-corrected chi connectivity index (χ3v) is 6.69. The molecule has 0 amide bonds. The Morgan fingerprint density at radius 1 is 0.765 bits per heavy atom. The van der Waals surface area contributed by atoms with Crippen LogP contribution in [0, 0.1) is 5.41 Å². The number of carbonyl (C=O) groups is 3. The number of nitrogens with zero attached hydrogens (tertiary/aromatic N) is 2. The van der Waals surface area contributed by atoms with Gasteiger partial charge in [-0.15, -0.1) is 23.5 Å². The number of thioether (sulfide) groups is 2. The molecule has 34 heavy (non-hydrogen) atoms. The lowest BCUT2D eigenvalue weighted by molar-refractivity contribution is -0.159. The molecule has 0 saturated carbocycles. The largest absolute Gasteiger partial charge is 0.412 e. The Balaban J connectivity index is 1.56. The summed E-state index contributed by atoms with van der Waals surface area (Å²) in [5, 5.41) is 9.78. The van der Waals surface area contributed by atoms with Crippen LogP contribution in [-0.2, 0) is 23.9 Å². The van der Waals surface area contributed by atoms with Crippen LogP contribution >= 0.6 is 23.5 Å². The van der Waals surface area contributed by atoms with E-state index in [-0.39, 0.29) is 42.1 Å². The molecule has 2 unspecified atom stereocenters. The maximum atomic E-state index is 11.9. The van der Waals surface area contributed by atoms with Gasteiger partial charge in [0.2, 0.25) is 0 Å². The highest BCUT2D eigenvalue weighted by molar-refractivity contribution is 8.00. The molecule has 0 radical (unpaired) electrons. The summed E-state index contributed by atoms with van der Waals surface area (Å²) in [5.74, 6) is -2.19. The molecule has 0 fully saturated rings. The van der Waals surface area contributed by atoms with Gasteiger partial charge in [0.1, 0.15) is 0 Å². The first-order chi connectivity index (χ1) is 16.3. The van der Waals surface area contributed by atoms with Gasteiger partial charge in [-0.25, -0.2) is 9.97 Å². The van der Waals surface area contributed by atoms with Crippen molar-refractivity contribution in [3.05, 3.63) is 48.8 Å². The zero-order valence-corrected chi connectivity index (χ0v) is 20.9. The van der Waals surface area contributed by atoms with E-state index in [1.165, 1.54) is 0 Å². The van der Waals surface area contributed by atoms with Crippen LogP contribution in [0.2, 0.25) is 0 Å². The molecule has 1 N–H and O–H groups in total. The lowest BCUT2D eigenvalue weighted by atomic mass is 10.2. The van der Waals surface area contributed by atoms with Crippen molar-refractivity contribution in [3.63, 3.8) is 0 Å². The van der Waals surface area contributed by atoms with Crippen LogP contribution in [0.5, 0.6) is 0 Å². The van der Waals surface area contributed by atoms with Crippen LogP contribution in [0.25, 0.3) is 0 Å². The molecule has 0 saturated heterocycles. The minimum absolute atomic E-state index is 0.105. The molecule has 10 heteroatoms. The summed E-state index contributed by atoms with van der Waals surface area (Å²) in [7, 11) is 0. The summed E-state index contributed by atoms with van der Waals surface area (Å²) < 4.78 is 9.75. The summed E-state index contributed by atoms with van der Waals surface area (Å²) in [6.45, 7) is 3.96. The van der Waals surface area contributed by atoms with E-state index in [4.69, 9.17) is 14.9 Å². The number of hydrogen-bond donors (Lipinski definition) is 1. The van der Waals surface area contributed by atoms with Crippen molar-refractivity contribution in [1.29, 1.82) is 5.41 Å². The van der Waals surface area contributed by atoms with E-state index in [0.717, 1.165) is 10.1 Å². The highest BCUT2D eigenvalue weighted by atomic mass is 32.2. The lowest BCUT2D eigenvalue weighted by Gasteiger charge is -2.11. The van der Waals surface area contributed by atoms with Crippen LogP contribution in [0.15, 0.2) is 58.8 Å². The second-order valence-electron chi connectivity index (χ2n) is 7.51. The SMILES string of the molecule is CC(CCC(=O)OC(=N)CCC(=O)OC(=O)CCC(C)Sc1ccccn1)Sc1ccccn1. The van der Waals surface area contributed by atoms with Gasteiger partial charge in [0.25, 0.3) is 0 Å². The first-order valence-corrected chi connectivity index (χ1v) is 12.7. The lowest BCUT2D eigenvalue weighted by Crippen LogP contribution is -2.17. The molecule has 2 atom stereocenters. The van der Waals surface area contributed by atoms with Crippen LogP contribution in [0.1, 0.15) is 52.4 Å². The van der Waals surface area contributed by atoms with Crippen molar-refractivity contribution in [2.75, 3.05) is 0 Å². The minimum atomic E-state index is -0.740. The smallest absolute Gasteiger partial charge is 0.313 e. The monoisotopic (exact) mass is 503 g/mol. The predicted octanol–water partition coefficient (Wildman–Crippen LogP) is 5.07. The molecular weight excluding hydrogens is 474 g/mol. The maximum absolute atomic E-state index is 11.9. The highest BCUT2D eigenvalue weighted by Crippen LogP contribution is 2.24. The maximum Gasteiger partial charge on any atom is 0.313 e. The molecule has 8 nitrogen and oxygen atoms in total. The van der Waals surface area contributed by atoms with Crippen molar-refractivity contribution >= 4 is 47.3 Å². The molecule has 2 aromatic heterocycles. The van der Waals surface area contributed by atoms with Crippen molar-refractivity contribution in [1.82, 2.24) is 9.97 Å². The molecule has 0 aromatic carbocycles. The van der Waals surface area contributed by atoms with Gasteiger partial charge in [0.15, 0.2) is 5.90 Å². The summed E-state index contributed by atoms with van der Waals surface area (Å²) in [4.78, 5) is 44.2. The number of ether oxygens (including phenoxy) is 2. The molecule has 0 aliphatic carbocycles. The van der Waals surface area contributed by atoms with Gasteiger partial charge in [0.05, 0.1) is 16.5 Å². The summed E-state index contributed by atoms with van der Waals surface area (Å²) >= 11 is 3.11. The summed E-state index contributed by atoms with van der Waals surface area (Å²) in [5.41, 5.74) is 0. The Kier molecular flexibility index (Phi) is 12.3. The fraction of sp³-hybridized carbons (Fsp3) is 0.417. The van der Waals surface area contributed by atoms with Gasteiger partial charge in [-0.05, 0) is 37.1 Å². The van der Waals surface area contributed by atoms with Gasteiger partial charge >= 0.3 is 17.9 Å². The van der Waals surface area contributed by atoms with Crippen LogP contribution in [0.4, 0.5) is 0 Å². The number of aromatic nitrogens is 2. The molecule has 2 aromatic rings. The Morgan fingerprint density at radius 3 is 1.71 bits per heavy atom. The molecule has 182 valence electrons. The quantitative estimate of drug-likeness (QED) is 0.131. The van der Waals surface area contributed by atoms with Crippen molar-refractivity contribution in [2.24, 2.45) is 0 Å². The molecule has 0 spiro atoms. The number of hydrogen-bond acceptors (Lipinski definition) is 10.